The molecule has 0 aromatic heterocycles. The lowest BCUT2D eigenvalue weighted by Crippen LogP contribution is -2.50. The third-order valence-electron chi connectivity index (χ3n) is 5.96. The monoisotopic (exact) mass is 521 g/mol. The third kappa shape index (κ3) is 10.6. The summed E-state index contributed by atoms with van der Waals surface area (Å²) < 4.78 is 5.67. The number of hydrogen-bond donors (Lipinski definition) is 3. The highest BCUT2D eigenvalue weighted by Crippen LogP contribution is 2.23. The van der Waals surface area contributed by atoms with Gasteiger partial charge in [0.1, 0.15) is 6.04 Å². The molecule has 2 rings (SSSR count). The molecule has 0 bridgehead atoms. The summed E-state index contributed by atoms with van der Waals surface area (Å²) in [4.78, 5) is 25.3. The largest absolute Gasteiger partial charge is 0.375 e. The van der Waals surface area contributed by atoms with Crippen molar-refractivity contribution >= 4 is 35.0 Å². The second-order valence-corrected chi connectivity index (χ2v) is 9.86. The number of carbonyl (C=O) groups excluding carboxylic acids is 2. The van der Waals surface area contributed by atoms with Crippen molar-refractivity contribution in [2.75, 3.05) is 6.61 Å². The molecule has 0 saturated heterocycles. The summed E-state index contributed by atoms with van der Waals surface area (Å²) >= 11 is 11.9. The van der Waals surface area contributed by atoms with Crippen molar-refractivity contribution in [2.24, 2.45) is 11.7 Å². The van der Waals surface area contributed by atoms with Crippen molar-refractivity contribution in [1.29, 1.82) is 0 Å². The summed E-state index contributed by atoms with van der Waals surface area (Å²) in [6.07, 6.45) is 2.34. The summed E-state index contributed by atoms with van der Waals surface area (Å²) in [6.45, 7) is 7.19. The van der Waals surface area contributed by atoms with Crippen LogP contribution in [0.15, 0.2) is 42.5 Å². The zero-order valence-electron chi connectivity index (χ0n) is 20.8. The number of ether oxygens (including phenoxy) is 1. The second kappa shape index (κ2) is 15.1. The average Bonchev–Trinajstić information content (AvgIpc) is 2.83. The first-order valence-electron chi connectivity index (χ1n) is 12.1. The molecule has 6 nitrogen and oxygen atoms in total. The van der Waals surface area contributed by atoms with E-state index in [9.17, 15) is 9.59 Å². The number of hydrogen-bond acceptors (Lipinski definition) is 4. The second-order valence-electron chi connectivity index (χ2n) is 9.05. The molecule has 0 aliphatic carbocycles. The van der Waals surface area contributed by atoms with Gasteiger partial charge in [0.05, 0.1) is 23.3 Å². The fourth-order valence-electron chi connectivity index (χ4n) is 3.52. The van der Waals surface area contributed by atoms with Crippen molar-refractivity contribution in [3.8, 4) is 0 Å². The predicted octanol–water partition coefficient (Wildman–Crippen LogP) is 5.16. The van der Waals surface area contributed by atoms with E-state index in [1.165, 1.54) is 5.56 Å². The molecule has 4 N–H and O–H groups in total. The van der Waals surface area contributed by atoms with Crippen molar-refractivity contribution in [3.63, 3.8) is 0 Å². The van der Waals surface area contributed by atoms with E-state index in [1.54, 1.807) is 12.1 Å². The molecule has 0 spiro atoms. The van der Waals surface area contributed by atoms with Crippen molar-refractivity contribution in [1.82, 2.24) is 10.6 Å². The van der Waals surface area contributed by atoms with Crippen molar-refractivity contribution in [2.45, 2.75) is 71.7 Å². The molecule has 3 atom stereocenters. The van der Waals surface area contributed by atoms with Crippen molar-refractivity contribution < 1.29 is 14.3 Å². The van der Waals surface area contributed by atoms with Gasteiger partial charge in [-0.1, -0.05) is 79.4 Å². The van der Waals surface area contributed by atoms with Gasteiger partial charge in [-0.3, -0.25) is 9.59 Å². The van der Waals surface area contributed by atoms with Crippen LogP contribution in [-0.4, -0.2) is 30.5 Å². The minimum atomic E-state index is -0.568. The van der Waals surface area contributed by atoms with E-state index in [1.807, 2.05) is 51.1 Å². The van der Waals surface area contributed by atoms with Gasteiger partial charge in [-0.05, 0) is 48.9 Å². The molecule has 0 saturated carbocycles. The summed E-state index contributed by atoms with van der Waals surface area (Å²) in [5, 5.41) is 6.86. The van der Waals surface area contributed by atoms with Crippen LogP contribution in [0.5, 0.6) is 0 Å². The molecule has 2 amide bonds. The van der Waals surface area contributed by atoms with Crippen molar-refractivity contribution in [3.05, 3.63) is 69.2 Å². The zero-order chi connectivity index (χ0) is 25.8. The zero-order valence-corrected chi connectivity index (χ0v) is 22.3. The van der Waals surface area contributed by atoms with Gasteiger partial charge in [0, 0.05) is 19.0 Å². The Hall–Kier alpha value is -2.12. The van der Waals surface area contributed by atoms with Crippen LogP contribution in [0.3, 0.4) is 0 Å². The minimum Gasteiger partial charge on any atom is -0.375 e. The Morgan fingerprint density at radius 3 is 2.40 bits per heavy atom. The molecule has 192 valence electrons. The lowest BCUT2D eigenvalue weighted by Gasteiger charge is -2.24. The van der Waals surface area contributed by atoms with Crippen LogP contribution in [0, 0.1) is 12.8 Å². The fraction of sp³-hybridized carbons (Fsp3) is 0.481. The Kier molecular flexibility index (Phi) is 12.6. The SMILES string of the molecule is CC[C@H](C)C(NC(=O)CCCC(N)COCc1ccc(Cl)c(Cl)c1)C(=O)NCc1ccc(C)cc1. The van der Waals surface area contributed by atoms with Gasteiger partial charge < -0.3 is 21.1 Å². The highest BCUT2D eigenvalue weighted by Gasteiger charge is 2.25. The first kappa shape index (κ1) is 29.1. The topological polar surface area (TPSA) is 93.5 Å². The molecule has 0 heterocycles. The molecule has 0 radical (unpaired) electrons. The number of nitrogens with one attached hydrogen (secondary N) is 2. The maximum atomic E-state index is 12.8. The van der Waals surface area contributed by atoms with E-state index >= 15 is 0 Å². The van der Waals surface area contributed by atoms with E-state index < -0.39 is 6.04 Å². The van der Waals surface area contributed by atoms with E-state index in [0.29, 0.717) is 49.1 Å². The molecule has 2 aromatic rings. The molecule has 35 heavy (non-hydrogen) atoms. The number of aryl methyl sites for hydroxylation is 1. The van der Waals surface area contributed by atoms with Crippen LogP contribution >= 0.6 is 23.2 Å². The van der Waals surface area contributed by atoms with E-state index in [0.717, 1.165) is 17.5 Å². The summed E-state index contributed by atoms with van der Waals surface area (Å²) in [7, 11) is 0. The van der Waals surface area contributed by atoms with Crippen LogP contribution in [0.2, 0.25) is 10.0 Å². The molecular weight excluding hydrogens is 485 g/mol. The first-order valence-corrected chi connectivity index (χ1v) is 12.8. The average molecular weight is 523 g/mol. The number of benzene rings is 2. The Bertz CT molecular complexity index is 953. The Labute approximate surface area is 218 Å². The van der Waals surface area contributed by atoms with Crippen LogP contribution < -0.4 is 16.4 Å². The summed E-state index contributed by atoms with van der Waals surface area (Å²) in [5.41, 5.74) is 9.24. The van der Waals surface area contributed by atoms with E-state index in [-0.39, 0.29) is 23.8 Å². The van der Waals surface area contributed by atoms with Crippen LogP contribution in [0.4, 0.5) is 0 Å². The van der Waals surface area contributed by atoms with E-state index in [2.05, 4.69) is 10.6 Å². The number of nitrogens with two attached hydrogens (primary N) is 1. The minimum absolute atomic E-state index is 0.0222. The Balaban J connectivity index is 1.71. The van der Waals surface area contributed by atoms with E-state index in [4.69, 9.17) is 33.7 Å². The van der Waals surface area contributed by atoms with Gasteiger partial charge in [-0.2, -0.15) is 0 Å². The first-order chi connectivity index (χ1) is 16.7. The molecule has 2 unspecified atom stereocenters. The van der Waals surface area contributed by atoms with Gasteiger partial charge in [0.25, 0.3) is 0 Å². The predicted molar refractivity (Wildman–Crippen MR) is 142 cm³/mol. The number of halogens is 2. The molecule has 0 aliphatic heterocycles. The Morgan fingerprint density at radius 1 is 1.06 bits per heavy atom. The quantitative estimate of drug-likeness (QED) is 0.320. The summed E-state index contributed by atoms with van der Waals surface area (Å²) in [6, 6.07) is 12.6. The Morgan fingerprint density at radius 2 is 1.74 bits per heavy atom. The maximum Gasteiger partial charge on any atom is 0.243 e. The molecule has 0 fully saturated rings. The normalized spacial score (nSPS) is 13.7. The number of rotatable bonds is 14. The molecular formula is C27H37Cl2N3O3. The summed E-state index contributed by atoms with van der Waals surface area (Å²) in [5.74, 6) is -0.292. The van der Waals surface area contributed by atoms with Crippen LogP contribution in [0.1, 0.15) is 56.2 Å². The van der Waals surface area contributed by atoms with Gasteiger partial charge >= 0.3 is 0 Å². The van der Waals surface area contributed by atoms with Gasteiger partial charge in [-0.15, -0.1) is 0 Å². The highest BCUT2D eigenvalue weighted by atomic mass is 35.5. The standard InChI is InChI=1S/C27H37Cl2N3O3/c1-4-19(3)26(27(34)31-15-20-10-8-18(2)9-11-20)32-25(33)7-5-6-22(30)17-35-16-21-12-13-23(28)24(29)14-21/h8-14,19,22,26H,4-7,15-17,30H2,1-3H3,(H,31,34)(H,32,33)/t19-,22?,26?/m0/s1. The number of amides is 2. The lowest BCUT2D eigenvalue weighted by molar-refractivity contribution is -0.130. The highest BCUT2D eigenvalue weighted by molar-refractivity contribution is 6.42. The smallest absolute Gasteiger partial charge is 0.243 e. The molecule has 8 heteroatoms. The molecule has 0 aliphatic rings. The molecule has 2 aromatic carbocycles. The van der Waals surface area contributed by atoms with Gasteiger partial charge in [0.2, 0.25) is 11.8 Å². The fourth-order valence-corrected chi connectivity index (χ4v) is 3.84. The van der Waals surface area contributed by atoms with Crippen LogP contribution in [-0.2, 0) is 27.5 Å². The van der Waals surface area contributed by atoms with Crippen LogP contribution in [0.25, 0.3) is 0 Å². The lowest BCUT2D eigenvalue weighted by atomic mass is 9.97. The third-order valence-corrected chi connectivity index (χ3v) is 6.70. The van der Waals surface area contributed by atoms with Gasteiger partial charge in [-0.25, -0.2) is 0 Å². The maximum absolute atomic E-state index is 12.8. The van der Waals surface area contributed by atoms with Gasteiger partial charge in [0.15, 0.2) is 0 Å². The number of carbonyl (C=O) groups is 2.